The minimum absolute atomic E-state index is 0. The van der Waals surface area contributed by atoms with Gasteiger partial charge in [-0.2, -0.15) is 0 Å². The number of halogens is 1. The van der Waals surface area contributed by atoms with E-state index in [1.165, 1.54) is 14.2 Å². The molecule has 0 aromatic carbocycles. The molecule has 3 rings (SSSR count). The van der Waals surface area contributed by atoms with E-state index in [0.29, 0.717) is 17.0 Å². The quantitative estimate of drug-likeness (QED) is 0.858. The first kappa shape index (κ1) is 17.5. The molecule has 0 saturated heterocycles. The Labute approximate surface area is 140 Å². The van der Waals surface area contributed by atoms with Crippen molar-refractivity contribution in [3.05, 3.63) is 23.7 Å². The summed E-state index contributed by atoms with van der Waals surface area (Å²) in [5.74, 6) is 1.09. The number of esters is 1. The Hall–Kier alpha value is -1.86. The maximum Gasteiger partial charge on any atom is 0.343 e. The van der Waals surface area contributed by atoms with Crippen LogP contribution < -0.4 is 10.5 Å². The number of ether oxygens (including phenoxy) is 2. The molecule has 2 aromatic heterocycles. The van der Waals surface area contributed by atoms with Gasteiger partial charge in [0, 0.05) is 24.2 Å². The zero-order valence-corrected chi connectivity index (χ0v) is 14.0. The molecule has 2 aromatic rings. The van der Waals surface area contributed by atoms with Crippen molar-refractivity contribution < 1.29 is 14.3 Å². The van der Waals surface area contributed by atoms with Crippen LogP contribution in [0.2, 0.25) is 0 Å². The highest BCUT2D eigenvalue weighted by Gasteiger charge is 2.26. The summed E-state index contributed by atoms with van der Waals surface area (Å²) >= 11 is 0. The monoisotopic (exact) mass is 340 g/mol. The Balaban J connectivity index is 0.00000192. The fourth-order valence-electron chi connectivity index (χ4n) is 3.11. The number of fused-ring (bicyclic) bond motifs is 1. The van der Waals surface area contributed by atoms with Crippen molar-refractivity contribution in [3.63, 3.8) is 0 Å². The minimum atomic E-state index is -0.446. The van der Waals surface area contributed by atoms with Crippen molar-refractivity contribution in [2.75, 3.05) is 14.2 Å². The molecule has 23 heavy (non-hydrogen) atoms. The van der Waals surface area contributed by atoms with E-state index in [2.05, 4.69) is 10.2 Å². The van der Waals surface area contributed by atoms with Crippen molar-refractivity contribution >= 4 is 24.0 Å². The molecular weight excluding hydrogens is 320 g/mol. The lowest BCUT2D eigenvalue weighted by molar-refractivity contribution is 0.0596. The second-order valence-electron chi connectivity index (χ2n) is 5.66. The molecule has 1 aliphatic carbocycles. The number of carbonyl (C=O) groups excluding carboxylic acids is 1. The molecule has 0 radical (unpaired) electrons. The topological polar surface area (TPSA) is 91.7 Å². The standard InChI is InChI=1S/C15H20N4O3.ClH/c1-21-12-7-13-17-18-14(9-4-3-5-10(16)6-9)19(13)8-11(12)15(20)22-2;/h7-10H,3-6,16H2,1-2H3;1H/t9-,10+;/m0./s1. The largest absolute Gasteiger partial charge is 0.496 e. The van der Waals surface area contributed by atoms with Crippen molar-refractivity contribution in [3.8, 4) is 5.75 Å². The van der Waals surface area contributed by atoms with E-state index in [0.717, 1.165) is 31.5 Å². The summed E-state index contributed by atoms with van der Waals surface area (Å²) in [6.07, 6.45) is 5.75. The molecule has 0 unspecified atom stereocenters. The lowest BCUT2D eigenvalue weighted by Gasteiger charge is -2.25. The molecule has 1 aliphatic rings. The molecule has 7 nitrogen and oxygen atoms in total. The number of rotatable bonds is 3. The lowest BCUT2D eigenvalue weighted by Crippen LogP contribution is -2.27. The second kappa shape index (κ2) is 7.14. The summed E-state index contributed by atoms with van der Waals surface area (Å²) in [6, 6.07) is 1.90. The zero-order chi connectivity index (χ0) is 15.7. The van der Waals surface area contributed by atoms with E-state index >= 15 is 0 Å². The summed E-state index contributed by atoms with van der Waals surface area (Å²) in [5.41, 5.74) is 7.08. The first-order chi connectivity index (χ1) is 10.6. The van der Waals surface area contributed by atoms with Gasteiger partial charge in [-0.25, -0.2) is 4.79 Å². The van der Waals surface area contributed by atoms with E-state index in [4.69, 9.17) is 15.2 Å². The fraction of sp³-hybridized carbons (Fsp3) is 0.533. The molecule has 0 spiro atoms. The van der Waals surface area contributed by atoms with Gasteiger partial charge >= 0.3 is 5.97 Å². The summed E-state index contributed by atoms with van der Waals surface area (Å²) in [7, 11) is 2.86. The normalized spacial score (nSPS) is 20.8. The lowest BCUT2D eigenvalue weighted by atomic mass is 9.85. The smallest absolute Gasteiger partial charge is 0.343 e. The molecule has 1 fully saturated rings. The first-order valence-electron chi connectivity index (χ1n) is 7.40. The van der Waals surface area contributed by atoms with E-state index in [1.807, 2.05) is 4.40 Å². The molecule has 2 N–H and O–H groups in total. The van der Waals surface area contributed by atoms with Crippen LogP contribution in [0.5, 0.6) is 5.75 Å². The van der Waals surface area contributed by atoms with Crippen molar-refractivity contribution in [2.24, 2.45) is 5.73 Å². The van der Waals surface area contributed by atoms with Gasteiger partial charge in [0.05, 0.1) is 14.2 Å². The number of nitrogens with two attached hydrogens (primary N) is 1. The van der Waals surface area contributed by atoms with Gasteiger partial charge in [0.25, 0.3) is 0 Å². The van der Waals surface area contributed by atoms with Crippen LogP contribution in [-0.4, -0.2) is 40.8 Å². The van der Waals surface area contributed by atoms with E-state index in [9.17, 15) is 4.79 Å². The number of nitrogens with zero attached hydrogens (tertiary/aromatic N) is 3. The molecule has 0 amide bonds. The Morgan fingerprint density at radius 3 is 2.78 bits per heavy atom. The van der Waals surface area contributed by atoms with E-state index in [1.54, 1.807) is 12.3 Å². The predicted octanol–water partition coefficient (Wildman–Crippen LogP) is 1.93. The third kappa shape index (κ3) is 3.25. The van der Waals surface area contributed by atoms with Crippen LogP contribution in [0.3, 0.4) is 0 Å². The Kier molecular flexibility index (Phi) is 5.43. The van der Waals surface area contributed by atoms with Crippen LogP contribution in [0.1, 0.15) is 47.8 Å². The van der Waals surface area contributed by atoms with Gasteiger partial charge in [-0.05, 0) is 19.3 Å². The van der Waals surface area contributed by atoms with Crippen LogP contribution in [0.4, 0.5) is 0 Å². The molecule has 1 saturated carbocycles. The molecule has 2 atom stereocenters. The highest BCUT2D eigenvalue weighted by molar-refractivity contribution is 5.92. The van der Waals surface area contributed by atoms with Gasteiger partial charge in [0.2, 0.25) is 0 Å². The highest BCUT2D eigenvalue weighted by Crippen LogP contribution is 2.32. The molecule has 0 bridgehead atoms. The van der Waals surface area contributed by atoms with Gasteiger partial charge in [-0.1, -0.05) is 6.42 Å². The van der Waals surface area contributed by atoms with Gasteiger partial charge in [-0.3, -0.25) is 4.40 Å². The number of hydrogen-bond acceptors (Lipinski definition) is 6. The Bertz CT molecular complexity index is 703. The molecule has 2 heterocycles. The fourth-order valence-corrected chi connectivity index (χ4v) is 3.11. The van der Waals surface area contributed by atoms with E-state index < -0.39 is 5.97 Å². The summed E-state index contributed by atoms with van der Waals surface area (Å²) in [5, 5.41) is 8.50. The van der Waals surface area contributed by atoms with Gasteiger partial charge in [0.1, 0.15) is 17.1 Å². The van der Waals surface area contributed by atoms with Gasteiger partial charge in [-0.15, -0.1) is 22.6 Å². The molecule has 126 valence electrons. The third-order valence-electron chi connectivity index (χ3n) is 4.24. The first-order valence-corrected chi connectivity index (χ1v) is 7.40. The molecule has 0 aliphatic heterocycles. The number of aromatic nitrogens is 3. The van der Waals surface area contributed by atoms with Crippen LogP contribution in [0, 0.1) is 0 Å². The summed E-state index contributed by atoms with van der Waals surface area (Å²) in [4.78, 5) is 11.9. The van der Waals surface area contributed by atoms with Crippen molar-refractivity contribution in [2.45, 2.75) is 37.6 Å². The maximum absolute atomic E-state index is 11.9. The third-order valence-corrected chi connectivity index (χ3v) is 4.24. The average molecular weight is 341 g/mol. The minimum Gasteiger partial charge on any atom is -0.496 e. The van der Waals surface area contributed by atoms with Crippen LogP contribution in [0.15, 0.2) is 12.3 Å². The van der Waals surface area contributed by atoms with Crippen molar-refractivity contribution in [1.82, 2.24) is 14.6 Å². The van der Waals surface area contributed by atoms with Crippen LogP contribution >= 0.6 is 12.4 Å². The van der Waals surface area contributed by atoms with Crippen LogP contribution in [-0.2, 0) is 4.74 Å². The van der Waals surface area contributed by atoms with Gasteiger partial charge in [0.15, 0.2) is 5.65 Å². The van der Waals surface area contributed by atoms with Crippen LogP contribution in [0.25, 0.3) is 5.65 Å². The Morgan fingerprint density at radius 2 is 2.13 bits per heavy atom. The summed E-state index contributed by atoms with van der Waals surface area (Å²) < 4.78 is 11.9. The number of hydrogen-bond donors (Lipinski definition) is 1. The molecule has 8 heteroatoms. The zero-order valence-electron chi connectivity index (χ0n) is 13.2. The van der Waals surface area contributed by atoms with Crippen molar-refractivity contribution in [1.29, 1.82) is 0 Å². The second-order valence-corrected chi connectivity index (χ2v) is 5.66. The SMILES string of the molecule is COC(=O)c1cn2c([C@H]3CCC[C@@H](N)C3)nnc2cc1OC.Cl. The average Bonchev–Trinajstić information content (AvgIpc) is 2.95. The number of methoxy groups -OCH3 is 2. The summed E-state index contributed by atoms with van der Waals surface area (Å²) in [6.45, 7) is 0. The maximum atomic E-state index is 11.9. The van der Waals surface area contributed by atoms with Gasteiger partial charge < -0.3 is 15.2 Å². The number of carbonyl (C=O) groups is 1. The molecular formula is C15H21ClN4O3. The highest BCUT2D eigenvalue weighted by atomic mass is 35.5. The Morgan fingerprint density at radius 1 is 1.35 bits per heavy atom. The van der Waals surface area contributed by atoms with E-state index in [-0.39, 0.29) is 24.4 Å². The predicted molar refractivity (Wildman–Crippen MR) is 87.3 cm³/mol. The number of pyridine rings is 1.